The van der Waals surface area contributed by atoms with Gasteiger partial charge in [0.15, 0.2) is 0 Å². The Kier molecular flexibility index (Phi) is 4.99. The summed E-state index contributed by atoms with van der Waals surface area (Å²) in [7, 11) is 2.31. The standard InChI is InChI=1S/C17H29N3S/c1-3-14-6-7-17(21-14)16(11-18)20-10-8-15-13(12-20)5-4-9-19(15)2/h6-7,13,15-16H,3-5,8-12,18H2,1-2H3. The lowest BCUT2D eigenvalue weighted by molar-refractivity contribution is 0.0217. The molecule has 2 aliphatic rings. The van der Waals surface area contributed by atoms with Crippen molar-refractivity contribution in [2.24, 2.45) is 11.7 Å². The van der Waals surface area contributed by atoms with Crippen molar-refractivity contribution in [3.63, 3.8) is 0 Å². The van der Waals surface area contributed by atoms with Crippen LogP contribution in [-0.4, -0.2) is 49.1 Å². The summed E-state index contributed by atoms with van der Waals surface area (Å²) < 4.78 is 0. The molecular weight excluding hydrogens is 278 g/mol. The predicted molar refractivity (Wildman–Crippen MR) is 90.8 cm³/mol. The summed E-state index contributed by atoms with van der Waals surface area (Å²) in [4.78, 5) is 8.20. The van der Waals surface area contributed by atoms with E-state index in [1.54, 1.807) is 0 Å². The van der Waals surface area contributed by atoms with Crippen molar-refractivity contribution in [2.45, 2.75) is 44.7 Å². The molecule has 0 bridgehead atoms. The second-order valence-electron chi connectivity index (χ2n) is 6.64. The summed E-state index contributed by atoms with van der Waals surface area (Å²) in [6, 6.07) is 5.83. The molecule has 2 saturated heterocycles. The number of hydrogen-bond donors (Lipinski definition) is 1. The van der Waals surface area contributed by atoms with Gasteiger partial charge in [0.05, 0.1) is 6.04 Å². The molecule has 21 heavy (non-hydrogen) atoms. The van der Waals surface area contributed by atoms with Gasteiger partial charge in [0.1, 0.15) is 0 Å². The maximum atomic E-state index is 6.14. The molecule has 3 nitrogen and oxygen atoms in total. The molecule has 0 amide bonds. The molecule has 3 heterocycles. The Morgan fingerprint density at radius 1 is 1.33 bits per heavy atom. The van der Waals surface area contributed by atoms with Gasteiger partial charge in [-0.05, 0) is 57.3 Å². The highest BCUT2D eigenvalue weighted by Crippen LogP contribution is 2.35. The van der Waals surface area contributed by atoms with E-state index in [2.05, 4.69) is 35.9 Å². The topological polar surface area (TPSA) is 32.5 Å². The average molecular weight is 308 g/mol. The van der Waals surface area contributed by atoms with Crippen LogP contribution in [0.3, 0.4) is 0 Å². The monoisotopic (exact) mass is 307 g/mol. The molecular formula is C17H29N3S. The first-order chi connectivity index (χ1) is 10.2. The lowest BCUT2D eigenvalue weighted by atomic mass is 9.83. The highest BCUT2D eigenvalue weighted by Gasteiger charge is 2.36. The van der Waals surface area contributed by atoms with E-state index in [9.17, 15) is 0 Å². The third kappa shape index (κ3) is 3.19. The van der Waals surface area contributed by atoms with Crippen LogP contribution < -0.4 is 5.73 Å². The Labute approximate surface area is 133 Å². The average Bonchev–Trinajstić information content (AvgIpc) is 2.97. The summed E-state index contributed by atoms with van der Waals surface area (Å²) >= 11 is 1.96. The Bertz CT molecular complexity index is 459. The van der Waals surface area contributed by atoms with Crippen molar-refractivity contribution >= 4 is 11.3 Å². The van der Waals surface area contributed by atoms with Crippen molar-refractivity contribution in [3.05, 3.63) is 21.9 Å². The summed E-state index contributed by atoms with van der Waals surface area (Å²) in [5.41, 5.74) is 6.14. The van der Waals surface area contributed by atoms with Crippen LogP contribution >= 0.6 is 11.3 Å². The Morgan fingerprint density at radius 3 is 2.90 bits per heavy atom. The smallest absolute Gasteiger partial charge is 0.0564 e. The van der Waals surface area contributed by atoms with E-state index in [4.69, 9.17) is 5.73 Å². The van der Waals surface area contributed by atoms with Crippen LogP contribution in [0.4, 0.5) is 0 Å². The molecule has 3 rings (SSSR count). The maximum absolute atomic E-state index is 6.14. The zero-order valence-corrected chi connectivity index (χ0v) is 14.2. The van der Waals surface area contributed by atoms with Crippen LogP contribution in [0.25, 0.3) is 0 Å². The minimum Gasteiger partial charge on any atom is -0.329 e. The maximum Gasteiger partial charge on any atom is 0.0564 e. The summed E-state index contributed by atoms with van der Waals surface area (Å²) in [5, 5.41) is 0. The van der Waals surface area contributed by atoms with Crippen molar-refractivity contribution in [1.29, 1.82) is 0 Å². The number of likely N-dealkylation sites (tertiary alicyclic amines) is 2. The van der Waals surface area contributed by atoms with Crippen molar-refractivity contribution in [3.8, 4) is 0 Å². The number of hydrogen-bond acceptors (Lipinski definition) is 4. The largest absolute Gasteiger partial charge is 0.329 e. The molecule has 4 heteroatoms. The van der Waals surface area contributed by atoms with Gasteiger partial charge in [0, 0.05) is 35.4 Å². The van der Waals surface area contributed by atoms with Gasteiger partial charge in [-0.3, -0.25) is 4.90 Å². The van der Waals surface area contributed by atoms with Crippen LogP contribution in [0, 0.1) is 5.92 Å². The third-order valence-corrected chi connectivity index (χ3v) is 6.73. The van der Waals surface area contributed by atoms with Gasteiger partial charge < -0.3 is 10.6 Å². The van der Waals surface area contributed by atoms with E-state index in [0.29, 0.717) is 6.04 Å². The molecule has 1 aromatic rings. The Hall–Kier alpha value is -0.420. The molecule has 0 aliphatic carbocycles. The highest BCUT2D eigenvalue weighted by molar-refractivity contribution is 7.12. The molecule has 3 unspecified atom stereocenters. The molecule has 0 saturated carbocycles. The minimum atomic E-state index is 0.434. The number of thiophene rings is 1. The van der Waals surface area contributed by atoms with Crippen molar-refractivity contribution in [1.82, 2.24) is 9.80 Å². The first-order valence-electron chi connectivity index (χ1n) is 8.46. The third-order valence-electron chi connectivity index (χ3n) is 5.40. The van der Waals surface area contributed by atoms with Gasteiger partial charge in [-0.2, -0.15) is 0 Å². The molecule has 2 N–H and O–H groups in total. The molecule has 118 valence electrons. The van der Waals surface area contributed by atoms with Crippen LogP contribution in [0.2, 0.25) is 0 Å². The number of nitrogens with two attached hydrogens (primary N) is 1. The summed E-state index contributed by atoms with van der Waals surface area (Å²) in [5.74, 6) is 0.845. The fourth-order valence-electron chi connectivity index (χ4n) is 4.17. The second kappa shape index (κ2) is 6.78. The fourth-order valence-corrected chi connectivity index (χ4v) is 5.27. The summed E-state index contributed by atoms with van der Waals surface area (Å²) in [6.07, 6.45) is 5.20. The molecule has 2 fully saturated rings. The van der Waals surface area contributed by atoms with E-state index in [-0.39, 0.29) is 0 Å². The number of fused-ring (bicyclic) bond motifs is 1. The molecule has 0 spiro atoms. The Balaban J connectivity index is 1.70. The number of nitrogens with zero attached hydrogens (tertiary/aromatic N) is 2. The first-order valence-corrected chi connectivity index (χ1v) is 9.27. The van der Waals surface area contributed by atoms with E-state index >= 15 is 0 Å². The molecule has 1 aromatic heterocycles. The van der Waals surface area contributed by atoms with Crippen LogP contribution in [0.1, 0.15) is 42.0 Å². The van der Waals surface area contributed by atoms with Crippen LogP contribution in [0.5, 0.6) is 0 Å². The zero-order chi connectivity index (χ0) is 14.8. The van der Waals surface area contributed by atoms with E-state index in [0.717, 1.165) is 24.9 Å². The van der Waals surface area contributed by atoms with Gasteiger partial charge >= 0.3 is 0 Å². The normalized spacial score (nSPS) is 29.3. The van der Waals surface area contributed by atoms with Crippen molar-refractivity contribution in [2.75, 3.05) is 33.2 Å². The second-order valence-corrected chi connectivity index (χ2v) is 7.84. The SMILES string of the molecule is CCc1ccc(C(CN)N2CCC3C(CCCN3C)C2)s1. The number of aryl methyl sites for hydroxylation is 1. The van der Waals surface area contributed by atoms with E-state index in [1.165, 1.54) is 48.7 Å². The van der Waals surface area contributed by atoms with Gasteiger partial charge in [-0.15, -0.1) is 11.3 Å². The lowest BCUT2D eigenvalue weighted by Crippen LogP contribution is -2.53. The minimum absolute atomic E-state index is 0.434. The number of piperidine rings is 2. The van der Waals surface area contributed by atoms with Crippen LogP contribution in [0.15, 0.2) is 12.1 Å². The lowest BCUT2D eigenvalue weighted by Gasteiger charge is -2.47. The van der Waals surface area contributed by atoms with Crippen LogP contribution in [-0.2, 0) is 6.42 Å². The Morgan fingerprint density at radius 2 is 2.19 bits per heavy atom. The fraction of sp³-hybridized carbons (Fsp3) is 0.765. The quantitative estimate of drug-likeness (QED) is 0.928. The van der Waals surface area contributed by atoms with Gasteiger partial charge in [0.25, 0.3) is 0 Å². The van der Waals surface area contributed by atoms with E-state index in [1.807, 2.05) is 11.3 Å². The zero-order valence-electron chi connectivity index (χ0n) is 13.4. The van der Waals surface area contributed by atoms with Gasteiger partial charge in [-0.1, -0.05) is 6.92 Å². The number of rotatable bonds is 4. The van der Waals surface area contributed by atoms with Gasteiger partial charge in [0.2, 0.25) is 0 Å². The van der Waals surface area contributed by atoms with Crippen molar-refractivity contribution < 1.29 is 0 Å². The predicted octanol–water partition coefficient (Wildman–Crippen LogP) is 2.73. The molecule has 0 aromatic carbocycles. The van der Waals surface area contributed by atoms with E-state index < -0.39 is 0 Å². The first kappa shape index (κ1) is 15.5. The molecule has 2 aliphatic heterocycles. The molecule has 0 radical (unpaired) electrons. The highest BCUT2D eigenvalue weighted by atomic mass is 32.1. The molecule has 3 atom stereocenters. The van der Waals surface area contributed by atoms with Gasteiger partial charge in [-0.25, -0.2) is 0 Å². The summed E-state index contributed by atoms with van der Waals surface area (Å²) in [6.45, 7) is 6.70.